The summed E-state index contributed by atoms with van der Waals surface area (Å²) in [6.45, 7) is 6.37. The smallest absolute Gasteiger partial charge is 0.176 e. The molecular formula is C12H13Br2NO3. The Kier molecular flexibility index (Phi) is 6.21. The van der Waals surface area contributed by atoms with Gasteiger partial charge >= 0.3 is 0 Å². The molecule has 4 nitrogen and oxygen atoms in total. The second-order valence-corrected chi connectivity index (χ2v) is 4.78. The molecule has 0 aromatic heterocycles. The zero-order valence-corrected chi connectivity index (χ0v) is 13.0. The Bertz CT molecular complexity index is 461. The summed E-state index contributed by atoms with van der Waals surface area (Å²) < 4.78 is 12.5. The normalized spacial score (nSPS) is 10.6. The Morgan fingerprint density at radius 2 is 2.11 bits per heavy atom. The van der Waals surface area contributed by atoms with Crippen molar-refractivity contribution in [1.29, 1.82) is 0 Å². The van der Waals surface area contributed by atoms with Gasteiger partial charge in [0.2, 0.25) is 0 Å². The van der Waals surface area contributed by atoms with Crippen LogP contribution in [0, 0.1) is 0 Å². The molecule has 0 amide bonds. The topological polar surface area (TPSA) is 51.0 Å². The summed E-state index contributed by atoms with van der Waals surface area (Å²) >= 11 is 6.82. The molecule has 0 heterocycles. The molecule has 0 fully saturated rings. The molecule has 0 aliphatic carbocycles. The van der Waals surface area contributed by atoms with Gasteiger partial charge in [0.25, 0.3) is 0 Å². The molecule has 18 heavy (non-hydrogen) atoms. The van der Waals surface area contributed by atoms with E-state index in [1.54, 1.807) is 12.1 Å². The number of oxime groups is 1. The lowest BCUT2D eigenvalue weighted by molar-refractivity contribution is 0.295. The molecule has 0 saturated heterocycles. The van der Waals surface area contributed by atoms with Crippen LogP contribution in [0.1, 0.15) is 12.5 Å². The van der Waals surface area contributed by atoms with Gasteiger partial charge in [0.1, 0.15) is 6.61 Å². The third-order valence-electron chi connectivity index (χ3n) is 2.00. The summed E-state index contributed by atoms with van der Waals surface area (Å²) in [5, 5.41) is 11.6. The van der Waals surface area contributed by atoms with Gasteiger partial charge in [-0.3, -0.25) is 0 Å². The van der Waals surface area contributed by atoms with Crippen LogP contribution < -0.4 is 9.47 Å². The molecule has 1 rings (SSSR count). The van der Waals surface area contributed by atoms with Gasteiger partial charge in [-0.25, -0.2) is 0 Å². The molecule has 1 aromatic rings. The number of hydrogen-bond donors (Lipinski definition) is 1. The maximum Gasteiger partial charge on any atom is 0.176 e. The van der Waals surface area contributed by atoms with Gasteiger partial charge in [0, 0.05) is 10.0 Å². The predicted molar refractivity (Wildman–Crippen MR) is 78.1 cm³/mol. The van der Waals surface area contributed by atoms with Gasteiger partial charge in [0.15, 0.2) is 11.5 Å². The van der Waals surface area contributed by atoms with E-state index in [2.05, 4.69) is 43.6 Å². The molecule has 98 valence electrons. The molecule has 0 atom stereocenters. The highest BCUT2D eigenvalue weighted by Crippen LogP contribution is 2.42. The van der Waals surface area contributed by atoms with Crippen LogP contribution >= 0.6 is 31.9 Å². The van der Waals surface area contributed by atoms with Gasteiger partial charge < -0.3 is 14.7 Å². The van der Waals surface area contributed by atoms with Gasteiger partial charge in [-0.2, -0.15) is 0 Å². The zero-order valence-electron chi connectivity index (χ0n) is 9.82. The van der Waals surface area contributed by atoms with Crippen LogP contribution in [0.5, 0.6) is 11.5 Å². The molecule has 1 aromatic carbocycles. The van der Waals surface area contributed by atoms with E-state index in [0.29, 0.717) is 34.7 Å². The van der Waals surface area contributed by atoms with Crippen LogP contribution in [0.15, 0.2) is 32.8 Å². The number of halogens is 2. The van der Waals surface area contributed by atoms with Crippen molar-refractivity contribution in [3.05, 3.63) is 33.2 Å². The van der Waals surface area contributed by atoms with Crippen molar-refractivity contribution in [3.63, 3.8) is 0 Å². The van der Waals surface area contributed by atoms with E-state index in [9.17, 15) is 0 Å². The van der Waals surface area contributed by atoms with Crippen LogP contribution in [0.25, 0.3) is 0 Å². The Morgan fingerprint density at radius 1 is 1.39 bits per heavy atom. The van der Waals surface area contributed by atoms with E-state index in [4.69, 9.17) is 14.7 Å². The fourth-order valence-electron chi connectivity index (χ4n) is 1.30. The van der Waals surface area contributed by atoms with Crippen molar-refractivity contribution in [1.82, 2.24) is 0 Å². The van der Waals surface area contributed by atoms with E-state index in [1.807, 2.05) is 6.92 Å². The van der Waals surface area contributed by atoms with Crippen molar-refractivity contribution in [2.75, 3.05) is 13.2 Å². The molecule has 0 spiro atoms. The highest BCUT2D eigenvalue weighted by molar-refractivity contribution is 9.13. The minimum atomic E-state index is 0.374. The van der Waals surface area contributed by atoms with Gasteiger partial charge in [-0.15, -0.1) is 0 Å². The van der Waals surface area contributed by atoms with E-state index in [0.717, 1.165) is 4.47 Å². The molecule has 0 saturated carbocycles. The molecule has 0 radical (unpaired) electrons. The van der Waals surface area contributed by atoms with Crippen molar-refractivity contribution in [3.8, 4) is 11.5 Å². The molecule has 6 heteroatoms. The number of benzene rings is 1. The highest BCUT2D eigenvalue weighted by atomic mass is 79.9. The average molecular weight is 379 g/mol. The minimum Gasteiger partial charge on any atom is -0.490 e. The monoisotopic (exact) mass is 377 g/mol. The van der Waals surface area contributed by atoms with Crippen molar-refractivity contribution in [2.24, 2.45) is 5.16 Å². The maximum atomic E-state index is 8.61. The second-order valence-electron chi connectivity index (χ2n) is 3.20. The highest BCUT2D eigenvalue weighted by Gasteiger charge is 2.16. The van der Waals surface area contributed by atoms with Gasteiger partial charge in [-0.05, 0) is 44.8 Å². The summed E-state index contributed by atoms with van der Waals surface area (Å²) in [4.78, 5) is 0. The quantitative estimate of drug-likeness (QED) is 0.352. The van der Waals surface area contributed by atoms with Crippen LogP contribution in [0.4, 0.5) is 0 Å². The zero-order chi connectivity index (χ0) is 13.5. The first-order valence-electron chi connectivity index (χ1n) is 5.21. The van der Waals surface area contributed by atoms with Crippen molar-refractivity contribution < 1.29 is 14.7 Å². The van der Waals surface area contributed by atoms with E-state index in [1.165, 1.54) is 6.21 Å². The van der Waals surface area contributed by atoms with Crippen molar-refractivity contribution >= 4 is 38.1 Å². The molecule has 0 unspecified atom stereocenters. The number of hydrogen-bond acceptors (Lipinski definition) is 4. The Labute approximate surface area is 123 Å². The SMILES string of the molecule is C=CCOc1c(OCC)cc(C=NO)c(Br)c1Br. The van der Waals surface area contributed by atoms with Gasteiger partial charge in [-0.1, -0.05) is 17.8 Å². The van der Waals surface area contributed by atoms with Crippen molar-refractivity contribution in [2.45, 2.75) is 6.92 Å². The van der Waals surface area contributed by atoms with E-state index in [-0.39, 0.29) is 0 Å². The summed E-state index contributed by atoms with van der Waals surface area (Å²) in [5.74, 6) is 1.16. The molecule has 0 aliphatic rings. The lowest BCUT2D eigenvalue weighted by atomic mass is 10.2. The van der Waals surface area contributed by atoms with Crippen LogP contribution in [0.2, 0.25) is 0 Å². The van der Waals surface area contributed by atoms with E-state index < -0.39 is 0 Å². The minimum absolute atomic E-state index is 0.374. The second kappa shape index (κ2) is 7.43. The summed E-state index contributed by atoms with van der Waals surface area (Å²) in [6, 6.07) is 1.73. The average Bonchev–Trinajstić information content (AvgIpc) is 2.36. The fourth-order valence-corrected chi connectivity index (χ4v) is 2.24. The van der Waals surface area contributed by atoms with E-state index >= 15 is 0 Å². The Hall–Kier alpha value is -1.01. The summed E-state index contributed by atoms with van der Waals surface area (Å²) in [6.07, 6.45) is 2.97. The van der Waals surface area contributed by atoms with Crippen LogP contribution in [-0.4, -0.2) is 24.6 Å². The fraction of sp³-hybridized carbons (Fsp3) is 0.250. The third kappa shape index (κ3) is 3.49. The van der Waals surface area contributed by atoms with Gasteiger partial charge in [0.05, 0.1) is 17.3 Å². The molecule has 0 bridgehead atoms. The molecule has 1 N–H and O–H groups in total. The lowest BCUT2D eigenvalue weighted by Gasteiger charge is -2.15. The maximum absolute atomic E-state index is 8.61. The number of nitrogens with zero attached hydrogens (tertiary/aromatic N) is 1. The summed E-state index contributed by atoms with van der Waals surface area (Å²) in [7, 11) is 0. The molecular weight excluding hydrogens is 366 g/mol. The first-order valence-corrected chi connectivity index (χ1v) is 6.80. The predicted octanol–water partition coefficient (Wildman–Crippen LogP) is 3.98. The summed E-state index contributed by atoms with van der Waals surface area (Å²) in [5.41, 5.74) is 0.679. The lowest BCUT2D eigenvalue weighted by Crippen LogP contribution is -2.01. The Morgan fingerprint density at radius 3 is 2.67 bits per heavy atom. The Balaban J connectivity index is 3.29. The number of rotatable bonds is 6. The first kappa shape index (κ1) is 15.0. The molecule has 0 aliphatic heterocycles. The number of ether oxygens (including phenoxy) is 2. The first-order chi connectivity index (χ1) is 8.65. The standard InChI is InChI=1S/C12H13Br2NO3/c1-3-5-18-12-9(17-4-2)6-8(7-15-16)10(13)11(12)14/h3,6-7,16H,1,4-5H2,2H3. The van der Waals surface area contributed by atoms with Crippen LogP contribution in [-0.2, 0) is 0 Å². The largest absolute Gasteiger partial charge is 0.490 e. The van der Waals surface area contributed by atoms with Crippen LogP contribution in [0.3, 0.4) is 0 Å². The third-order valence-corrected chi connectivity index (χ3v) is 4.14.